The fourth-order valence-electron chi connectivity index (χ4n) is 3.09. The summed E-state index contributed by atoms with van der Waals surface area (Å²) in [7, 11) is 0. The molecule has 0 unspecified atom stereocenters. The van der Waals surface area contributed by atoms with E-state index in [4.69, 9.17) is 0 Å². The van der Waals surface area contributed by atoms with Crippen LogP contribution in [-0.4, -0.2) is 28.1 Å². The fourth-order valence-corrected chi connectivity index (χ4v) is 3.09. The highest BCUT2D eigenvalue weighted by Crippen LogP contribution is 2.31. The minimum atomic E-state index is -0.261. The third-order valence-corrected chi connectivity index (χ3v) is 4.46. The van der Waals surface area contributed by atoms with Gasteiger partial charge >= 0.3 is 0 Å². The van der Waals surface area contributed by atoms with Crippen LogP contribution in [0.5, 0.6) is 0 Å². The molecule has 1 aromatic carbocycles. The molecule has 2 aromatic rings. The number of hydrogen-bond donors (Lipinski definition) is 3. The number of rotatable bonds is 5. The second kappa shape index (κ2) is 7.94. The average molecular weight is 337 g/mol. The Bertz CT molecular complexity index is 738. The van der Waals surface area contributed by atoms with Crippen LogP contribution in [0.2, 0.25) is 0 Å². The number of aliphatic hydroxyl groups is 1. The minimum Gasteiger partial charge on any atom is -0.393 e. The number of anilines is 2. The molecule has 130 valence electrons. The van der Waals surface area contributed by atoms with Gasteiger partial charge in [-0.05, 0) is 43.4 Å². The van der Waals surface area contributed by atoms with E-state index in [1.807, 2.05) is 36.4 Å². The van der Waals surface area contributed by atoms with Crippen molar-refractivity contribution in [1.29, 1.82) is 0 Å². The van der Waals surface area contributed by atoms with Crippen LogP contribution in [0, 0.1) is 0 Å². The zero-order valence-electron chi connectivity index (χ0n) is 14.1. The molecular weight excluding hydrogens is 314 g/mol. The van der Waals surface area contributed by atoms with Crippen LogP contribution in [-0.2, 0) is 4.79 Å². The number of amides is 1. The smallest absolute Gasteiger partial charge is 0.247 e. The molecule has 25 heavy (non-hydrogen) atoms. The summed E-state index contributed by atoms with van der Waals surface area (Å²) in [6.07, 6.45) is 6.17. The molecule has 1 heterocycles. The van der Waals surface area contributed by atoms with E-state index in [9.17, 15) is 9.90 Å². The molecular formula is C20H23N3O2. The van der Waals surface area contributed by atoms with Crippen LogP contribution < -0.4 is 10.6 Å². The summed E-state index contributed by atoms with van der Waals surface area (Å²) in [5.41, 5.74) is 2.60. The summed E-state index contributed by atoms with van der Waals surface area (Å²) < 4.78 is 0. The van der Waals surface area contributed by atoms with Crippen molar-refractivity contribution >= 4 is 17.4 Å². The molecule has 0 radical (unpaired) electrons. The van der Waals surface area contributed by atoms with Gasteiger partial charge in [-0.2, -0.15) is 0 Å². The number of carbonyl (C=O) groups is 1. The van der Waals surface area contributed by atoms with Gasteiger partial charge in [0, 0.05) is 11.6 Å². The number of aromatic nitrogens is 1. The first kappa shape index (κ1) is 17.2. The molecule has 3 rings (SSSR count). The number of aliphatic hydroxyl groups excluding tert-OH is 1. The first-order valence-corrected chi connectivity index (χ1v) is 8.59. The maximum absolute atomic E-state index is 11.6. The summed E-state index contributed by atoms with van der Waals surface area (Å²) in [5, 5.41) is 15.9. The fraction of sp³-hybridized carbons (Fsp3) is 0.300. The monoisotopic (exact) mass is 337 g/mol. The van der Waals surface area contributed by atoms with Crippen LogP contribution in [0.25, 0.3) is 11.1 Å². The van der Waals surface area contributed by atoms with Gasteiger partial charge in [-0.25, -0.2) is 4.98 Å². The van der Waals surface area contributed by atoms with Crippen molar-refractivity contribution in [3.63, 3.8) is 0 Å². The van der Waals surface area contributed by atoms with Crippen molar-refractivity contribution in [3.8, 4) is 11.1 Å². The van der Waals surface area contributed by atoms with Crippen molar-refractivity contribution in [2.75, 3.05) is 10.6 Å². The largest absolute Gasteiger partial charge is 0.393 e. The van der Waals surface area contributed by atoms with E-state index in [1.54, 1.807) is 6.20 Å². The molecule has 5 heteroatoms. The lowest BCUT2D eigenvalue weighted by atomic mass is 9.93. The Kier molecular flexibility index (Phi) is 5.46. The van der Waals surface area contributed by atoms with E-state index >= 15 is 0 Å². The van der Waals surface area contributed by atoms with Crippen LogP contribution in [0.3, 0.4) is 0 Å². The SMILES string of the molecule is C=CC(=O)Nc1cnc(N[C@H]2CC[C@H](O)CC2)c(-c2ccccc2)c1. The topological polar surface area (TPSA) is 74.2 Å². The standard InChI is InChI=1S/C20H23N3O2/c1-2-19(25)22-16-12-18(14-6-4-3-5-7-14)20(21-13-16)23-15-8-10-17(24)11-9-15/h2-7,12-13,15,17,24H,1,8-11H2,(H,21,23)(H,22,25)/t15-,17-. The second-order valence-electron chi connectivity index (χ2n) is 6.33. The number of pyridine rings is 1. The lowest BCUT2D eigenvalue weighted by Gasteiger charge is -2.27. The zero-order valence-corrected chi connectivity index (χ0v) is 14.1. The van der Waals surface area contributed by atoms with Crippen molar-refractivity contribution in [2.24, 2.45) is 0 Å². The van der Waals surface area contributed by atoms with Gasteiger partial charge in [-0.3, -0.25) is 4.79 Å². The van der Waals surface area contributed by atoms with Gasteiger partial charge in [0.1, 0.15) is 5.82 Å². The number of hydrogen-bond acceptors (Lipinski definition) is 4. The number of benzene rings is 1. The van der Waals surface area contributed by atoms with Crippen molar-refractivity contribution in [3.05, 3.63) is 55.3 Å². The van der Waals surface area contributed by atoms with E-state index in [0.29, 0.717) is 11.7 Å². The van der Waals surface area contributed by atoms with Crippen LogP contribution in [0.4, 0.5) is 11.5 Å². The molecule has 0 aliphatic heterocycles. The summed E-state index contributed by atoms with van der Waals surface area (Å²) in [5.74, 6) is 0.534. The Morgan fingerprint density at radius 3 is 2.60 bits per heavy atom. The summed E-state index contributed by atoms with van der Waals surface area (Å²) >= 11 is 0. The van der Waals surface area contributed by atoms with Gasteiger partial charge in [-0.15, -0.1) is 0 Å². The first-order chi connectivity index (χ1) is 12.2. The average Bonchev–Trinajstić information content (AvgIpc) is 2.65. The highest BCUT2D eigenvalue weighted by Gasteiger charge is 2.20. The zero-order chi connectivity index (χ0) is 17.6. The van der Waals surface area contributed by atoms with Crippen LogP contribution >= 0.6 is 0 Å². The summed E-state index contributed by atoms with van der Waals surface area (Å²) in [6.45, 7) is 3.47. The lowest BCUT2D eigenvalue weighted by molar-refractivity contribution is -0.111. The quantitative estimate of drug-likeness (QED) is 0.729. The van der Waals surface area contributed by atoms with E-state index < -0.39 is 0 Å². The molecule has 0 atom stereocenters. The van der Waals surface area contributed by atoms with Crippen molar-refractivity contribution in [2.45, 2.75) is 37.8 Å². The van der Waals surface area contributed by atoms with Crippen molar-refractivity contribution in [1.82, 2.24) is 4.98 Å². The van der Waals surface area contributed by atoms with E-state index in [-0.39, 0.29) is 12.0 Å². The molecule has 0 spiro atoms. The molecule has 1 aromatic heterocycles. The maximum Gasteiger partial charge on any atom is 0.247 e. The number of nitrogens with zero attached hydrogens (tertiary/aromatic N) is 1. The molecule has 0 saturated heterocycles. The molecule has 1 aliphatic carbocycles. The second-order valence-corrected chi connectivity index (χ2v) is 6.33. The summed E-state index contributed by atoms with van der Waals surface area (Å²) in [6, 6.07) is 12.2. The minimum absolute atomic E-state index is 0.184. The van der Waals surface area contributed by atoms with Crippen LogP contribution in [0.15, 0.2) is 55.3 Å². The predicted octanol–water partition coefficient (Wildman–Crippen LogP) is 3.59. The Morgan fingerprint density at radius 2 is 1.92 bits per heavy atom. The Morgan fingerprint density at radius 1 is 1.20 bits per heavy atom. The van der Waals surface area contributed by atoms with E-state index in [0.717, 1.165) is 42.6 Å². The van der Waals surface area contributed by atoms with Gasteiger partial charge in [0.2, 0.25) is 5.91 Å². The van der Waals surface area contributed by atoms with Crippen LogP contribution in [0.1, 0.15) is 25.7 Å². The molecule has 1 fully saturated rings. The van der Waals surface area contributed by atoms with Gasteiger partial charge < -0.3 is 15.7 Å². The highest BCUT2D eigenvalue weighted by atomic mass is 16.3. The van der Waals surface area contributed by atoms with E-state index in [1.165, 1.54) is 6.08 Å². The third kappa shape index (κ3) is 4.45. The molecule has 3 N–H and O–H groups in total. The maximum atomic E-state index is 11.6. The van der Waals surface area contributed by atoms with Gasteiger partial charge in [0.25, 0.3) is 0 Å². The molecule has 0 bridgehead atoms. The molecule has 1 aliphatic rings. The van der Waals surface area contributed by atoms with Gasteiger partial charge in [0.15, 0.2) is 0 Å². The Hall–Kier alpha value is -2.66. The third-order valence-electron chi connectivity index (χ3n) is 4.46. The summed E-state index contributed by atoms with van der Waals surface area (Å²) in [4.78, 5) is 16.1. The predicted molar refractivity (Wildman–Crippen MR) is 100 cm³/mol. The number of carbonyl (C=O) groups excluding carboxylic acids is 1. The first-order valence-electron chi connectivity index (χ1n) is 8.59. The highest BCUT2D eigenvalue weighted by molar-refractivity contribution is 5.99. The van der Waals surface area contributed by atoms with Crippen molar-refractivity contribution < 1.29 is 9.90 Å². The Balaban J connectivity index is 1.88. The lowest BCUT2D eigenvalue weighted by Crippen LogP contribution is -2.28. The van der Waals surface area contributed by atoms with Gasteiger partial charge in [-0.1, -0.05) is 36.9 Å². The number of nitrogens with one attached hydrogen (secondary N) is 2. The van der Waals surface area contributed by atoms with E-state index in [2.05, 4.69) is 22.2 Å². The molecule has 1 saturated carbocycles. The Labute approximate surface area is 147 Å². The normalized spacial score (nSPS) is 19.9. The van der Waals surface area contributed by atoms with Gasteiger partial charge in [0.05, 0.1) is 18.0 Å². The molecule has 5 nitrogen and oxygen atoms in total. The molecule has 1 amide bonds.